The lowest BCUT2D eigenvalue weighted by Crippen LogP contribution is -2.36. The Labute approximate surface area is 224 Å². The third-order valence-corrected chi connectivity index (χ3v) is 6.56. The van der Waals surface area contributed by atoms with E-state index in [0.29, 0.717) is 35.9 Å². The van der Waals surface area contributed by atoms with E-state index < -0.39 is 11.7 Å². The monoisotopic (exact) mass is 532 g/mol. The van der Waals surface area contributed by atoms with E-state index in [0.717, 1.165) is 29.0 Å². The molecule has 2 aromatic heterocycles. The number of benzene rings is 2. The van der Waals surface area contributed by atoms with Gasteiger partial charge < -0.3 is 25.8 Å². The Kier molecular flexibility index (Phi) is 6.79. The molecule has 12 heteroatoms. The number of likely N-dealkylation sites (N-methyl/N-ethyl adjacent to an activating group) is 1. The van der Waals surface area contributed by atoms with E-state index in [1.54, 1.807) is 12.3 Å². The van der Waals surface area contributed by atoms with Gasteiger partial charge in [-0.15, -0.1) is 0 Å². The zero-order valence-electron chi connectivity index (χ0n) is 22.2. The van der Waals surface area contributed by atoms with Crippen molar-refractivity contribution in [2.24, 2.45) is 5.73 Å². The van der Waals surface area contributed by atoms with Crippen LogP contribution in [0, 0.1) is 5.82 Å². The number of carbonyl (C=O) groups excluding carboxylic acids is 2. The van der Waals surface area contributed by atoms with Crippen molar-refractivity contribution in [3.8, 4) is 0 Å². The molecule has 1 aliphatic rings. The van der Waals surface area contributed by atoms with Gasteiger partial charge in [0.05, 0.1) is 34.6 Å². The van der Waals surface area contributed by atoms with Crippen molar-refractivity contribution in [1.29, 1.82) is 0 Å². The SMILES string of the molecule is CN(C)CC(=O)N1CCc2cc(N(C)C)c(Nc3nc(Nc4cccc(F)c4C(N)=O)c4cc[nH]c4[nH+]3)cc21. The molecule has 0 spiro atoms. The molecular formula is C27H31FN9O2+. The highest BCUT2D eigenvalue weighted by Gasteiger charge is 2.28. The number of anilines is 6. The van der Waals surface area contributed by atoms with Crippen molar-refractivity contribution >= 4 is 57.4 Å². The number of carbonyl (C=O) groups is 2. The quantitative estimate of drug-likeness (QED) is 0.274. The van der Waals surface area contributed by atoms with E-state index in [-0.39, 0.29) is 17.2 Å². The van der Waals surface area contributed by atoms with Crippen LogP contribution in [-0.4, -0.2) is 68.0 Å². The molecule has 5 rings (SSSR count). The fourth-order valence-electron chi connectivity index (χ4n) is 4.79. The van der Waals surface area contributed by atoms with E-state index in [2.05, 4.69) is 26.7 Å². The summed E-state index contributed by atoms with van der Waals surface area (Å²) in [5.74, 6) is -0.802. The lowest BCUT2D eigenvalue weighted by molar-refractivity contribution is -0.333. The van der Waals surface area contributed by atoms with Crippen LogP contribution in [0.2, 0.25) is 0 Å². The van der Waals surface area contributed by atoms with Gasteiger partial charge in [0.1, 0.15) is 11.5 Å². The second kappa shape index (κ2) is 10.2. The lowest BCUT2D eigenvalue weighted by Gasteiger charge is -2.22. The molecule has 202 valence electrons. The Morgan fingerprint density at radius 3 is 2.67 bits per heavy atom. The molecule has 3 heterocycles. The molecule has 0 fully saturated rings. The van der Waals surface area contributed by atoms with Gasteiger partial charge in [-0.2, -0.15) is 0 Å². The predicted octanol–water partition coefficient (Wildman–Crippen LogP) is 2.62. The van der Waals surface area contributed by atoms with Crippen LogP contribution < -0.4 is 31.2 Å². The number of nitrogens with zero attached hydrogens (tertiary/aromatic N) is 4. The summed E-state index contributed by atoms with van der Waals surface area (Å²) in [5, 5.41) is 7.12. The predicted molar refractivity (Wildman–Crippen MR) is 150 cm³/mol. The van der Waals surface area contributed by atoms with Crippen LogP contribution in [0.3, 0.4) is 0 Å². The fourth-order valence-corrected chi connectivity index (χ4v) is 4.79. The Hall–Kier alpha value is -4.71. The number of H-pyrrole nitrogens is 2. The van der Waals surface area contributed by atoms with Gasteiger partial charge in [-0.3, -0.25) is 19.9 Å². The average Bonchev–Trinajstić information content (AvgIpc) is 3.50. The number of hydrogen-bond donors (Lipinski definition) is 4. The number of nitrogens with two attached hydrogens (primary N) is 1. The van der Waals surface area contributed by atoms with Gasteiger partial charge in [0.25, 0.3) is 5.91 Å². The van der Waals surface area contributed by atoms with Gasteiger partial charge >= 0.3 is 5.95 Å². The molecule has 39 heavy (non-hydrogen) atoms. The minimum absolute atomic E-state index is 0.0339. The number of aromatic amines is 2. The first-order valence-corrected chi connectivity index (χ1v) is 12.4. The Balaban J connectivity index is 1.54. The summed E-state index contributed by atoms with van der Waals surface area (Å²) in [6.07, 6.45) is 2.52. The number of aromatic nitrogens is 3. The van der Waals surface area contributed by atoms with E-state index in [1.165, 1.54) is 12.1 Å². The minimum atomic E-state index is -0.885. The Bertz CT molecular complexity index is 1580. The van der Waals surface area contributed by atoms with Crippen LogP contribution in [0.5, 0.6) is 0 Å². The summed E-state index contributed by atoms with van der Waals surface area (Å²) in [6.45, 7) is 0.944. The molecule has 0 unspecified atom stereocenters. The lowest BCUT2D eigenvalue weighted by atomic mass is 10.1. The summed E-state index contributed by atoms with van der Waals surface area (Å²) in [4.78, 5) is 41.6. The maximum absolute atomic E-state index is 14.4. The van der Waals surface area contributed by atoms with E-state index in [4.69, 9.17) is 10.7 Å². The third kappa shape index (κ3) is 5.06. The van der Waals surface area contributed by atoms with Crippen LogP contribution in [0.1, 0.15) is 15.9 Å². The van der Waals surface area contributed by atoms with Crippen molar-refractivity contribution in [2.75, 3.05) is 61.7 Å². The molecule has 2 amide bonds. The van der Waals surface area contributed by atoms with E-state index in [1.807, 2.05) is 55.0 Å². The summed E-state index contributed by atoms with van der Waals surface area (Å²) in [5.41, 5.74) is 9.68. The highest BCUT2D eigenvalue weighted by Crippen LogP contribution is 2.38. The van der Waals surface area contributed by atoms with Crippen LogP contribution in [0.15, 0.2) is 42.6 Å². The minimum Gasteiger partial charge on any atom is -0.375 e. The van der Waals surface area contributed by atoms with Gasteiger partial charge in [0, 0.05) is 26.8 Å². The molecule has 0 radical (unpaired) electrons. The largest absolute Gasteiger partial charge is 0.375 e. The first-order chi connectivity index (χ1) is 18.6. The standard InChI is InChI=1S/C27H30FN9O2/c1-35(2)14-22(38)37-11-9-15-12-21(36(3)4)19(13-20(15)37)32-27-33-25-16(8-10-30-25)26(34-27)31-18-7-5-6-17(28)23(18)24(29)39/h5-8,10,12-13H,9,11,14H2,1-4H3,(H2,29,39)(H3,30,31,32,33,34)/p+1. The molecule has 11 nitrogen and oxygen atoms in total. The van der Waals surface area contributed by atoms with Crippen LogP contribution in [0.4, 0.5) is 38.9 Å². The highest BCUT2D eigenvalue weighted by molar-refractivity contribution is 6.01. The average molecular weight is 533 g/mol. The van der Waals surface area contributed by atoms with Crippen molar-refractivity contribution in [3.05, 3.63) is 59.5 Å². The first-order valence-electron chi connectivity index (χ1n) is 12.4. The molecule has 6 N–H and O–H groups in total. The molecule has 4 aromatic rings. The molecule has 1 aliphatic heterocycles. The zero-order chi connectivity index (χ0) is 27.8. The summed E-state index contributed by atoms with van der Waals surface area (Å²) >= 11 is 0. The maximum atomic E-state index is 14.4. The zero-order valence-corrected chi connectivity index (χ0v) is 22.2. The number of rotatable bonds is 8. The van der Waals surface area contributed by atoms with Crippen molar-refractivity contribution in [2.45, 2.75) is 6.42 Å². The number of halogens is 1. The van der Waals surface area contributed by atoms with Crippen LogP contribution in [-0.2, 0) is 11.2 Å². The van der Waals surface area contributed by atoms with Gasteiger partial charge in [-0.25, -0.2) is 9.37 Å². The molecule has 0 saturated heterocycles. The topological polar surface area (TPSA) is 137 Å². The molecule has 0 atom stereocenters. The Morgan fingerprint density at radius 2 is 1.95 bits per heavy atom. The molecule has 0 bridgehead atoms. The van der Waals surface area contributed by atoms with Crippen LogP contribution in [0.25, 0.3) is 11.0 Å². The van der Waals surface area contributed by atoms with Crippen LogP contribution >= 0.6 is 0 Å². The van der Waals surface area contributed by atoms with E-state index >= 15 is 0 Å². The first kappa shape index (κ1) is 25.9. The van der Waals surface area contributed by atoms with Gasteiger partial charge in [-0.05, 0) is 56.4 Å². The number of hydrogen-bond acceptors (Lipinski definition) is 7. The van der Waals surface area contributed by atoms with Crippen molar-refractivity contribution < 1.29 is 19.0 Å². The normalized spacial score (nSPS) is 12.6. The second-order valence-electron chi connectivity index (χ2n) is 9.90. The second-order valence-corrected chi connectivity index (χ2v) is 9.90. The summed E-state index contributed by atoms with van der Waals surface area (Å²) < 4.78 is 14.4. The van der Waals surface area contributed by atoms with Gasteiger partial charge in [0.2, 0.25) is 17.4 Å². The van der Waals surface area contributed by atoms with Crippen molar-refractivity contribution in [3.63, 3.8) is 0 Å². The molecular weight excluding hydrogens is 501 g/mol. The highest BCUT2D eigenvalue weighted by atomic mass is 19.1. The molecule has 0 aliphatic carbocycles. The van der Waals surface area contributed by atoms with Crippen molar-refractivity contribution in [1.82, 2.24) is 14.9 Å². The third-order valence-electron chi connectivity index (χ3n) is 6.56. The number of nitrogens with one attached hydrogen (secondary N) is 4. The van der Waals surface area contributed by atoms with Gasteiger partial charge in [0.15, 0.2) is 0 Å². The fraction of sp³-hybridized carbons (Fsp3) is 0.259. The van der Waals surface area contributed by atoms with E-state index in [9.17, 15) is 14.0 Å². The smallest absolute Gasteiger partial charge is 0.351 e. The maximum Gasteiger partial charge on any atom is 0.351 e. The number of amides is 2. The summed E-state index contributed by atoms with van der Waals surface area (Å²) in [6, 6.07) is 10.1. The molecule has 2 aromatic carbocycles. The molecule has 0 saturated carbocycles. The van der Waals surface area contributed by atoms with Gasteiger partial charge in [-0.1, -0.05) is 11.1 Å². The number of primary amides is 1. The summed E-state index contributed by atoms with van der Waals surface area (Å²) in [7, 11) is 7.64. The Morgan fingerprint density at radius 1 is 1.15 bits per heavy atom. The number of fused-ring (bicyclic) bond motifs is 2.